The van der Waals surface area contributed by atoms with Crippen LogP contribution in [0.2, 0.25) is 0 Å². The molecule has 0 aromatic rings. The number of sulfone groups is 1. The summed E-state index contributed by atoms with van der Waals surface area (Å²) in [7, 11) is -3.65. The summed E-state index contributed by atoms with van der Waals surface area (Å²) in [4.78, 5) is 34.5. The standard InChI is InChI=1S/C15H26N2O6S/c1-3-5-10(6-4-2)24(22,23)9-12(15(20)21)17-14(19)11-7-8-13(18)16-11/h10-12H,3-9H2,1-2H3,(H,16,18)(H,17,19)(H,20,21)/t11-,12?/m1/s1. The molecule has 0 spiro atoms. The monoisotopic (exact) mass is 362 g/mol. The van der Waals surface area contributed by atoms with Crippen molar-refractivity contribution in [2.75, 3.05) is 5.75 Å². The number of nitrogens with one attached hydrogen (secondary N) is 2. The molecule has 1 aliphatic heterocycles. The lowest BCUT2D eigenvalue weighted by Gasteiger charge is -2.21. The van der Waals surface area contributed by atoms with Crippen LogP contribution in [0, 0.1) is 0 Å². The first-order valence-corrected chi connectivity index (χ1v) is 9.96. The molecule has 24 heavy (non-hydrogen) atoms. The Hall–Kier alpha value is -1.64. The van der Waals surface area contributed by atoms with E-state index in [0.717, 1.165) is 0 Å². The predicted molar refractivity (Wildman–Crippen MR) is 88.1 cm³/mol. The molecule has 1 aliphatic rings. The maximum absolute atomic E-state index is 12.5. The summed E-state index contributed by atoms with van der Waals surface area (Å²) in [5, 5.41) is 13.3. The van der Waals surface area contributed by atoms with Gasteiger partial charge in [-0.2, -0.15) is 0 Å². The van der Waals surface area contributed by atoms with Crippen LogP contribution in [-0.2, 0) is 24.2 Å². The zero-order valence-electron chi connectivity index (χ0n) is 14.1. The third kappa shape index (κ3) is 5.77. The number of rotatable bonds is 10. The van der Waals surface area contributed by atoms with Gasteiger partial charge in [0, 0.05) is 6.42 Å². The summed E-state index contributed by atoms with van der Waals surface area (Å²) in [5.41, 5.74) is 0. The minimum atomic E-state index is -3.65. The Kier molecular flexibility index (Phi) is 7.65. The van der Waals surface area contributed by atoms with Crippen LogP contribution in [0.25, 0.3) is 0 Å². The molecule has 0 bridgehead atoms. The van der Waals surface area contributed by atoms with Gasteiger partial charge in [-0.15, -0.1) is 0 Å². The van der Waals surface area contributed by atoms with Crippen molar-refractivity contribution < 1.29 is 27.9 Å². The molecule has 0 aromatic carbocycles. The number of hydrogen-bond donors (Lipinski definition) is 3. The lowest BCUT2D eigenvalue weighted by atomic mass is 10.2. The van der Waals surface area contributed by atoms with Crippen molar-refractivity contribution in [3.63, 3.8) is 0 Å². The van der Waals surface area contributed by atoms with Crippen LogP contribution < -0.4 is 10.6 Å². The number of hydrogen-bond acceptors (Lipinski definition) is 5. The first kappa shape index (κ1) is 20.4. The Morgan fingerprint density at radius 2 is 1.88 bits per heavy atom. The van der Waals surface area contributed by atoms with Gasteiger partial charge in [0.15, 0.2) is 9.84 Å². The lowest BCUT2D eigenvalue weighted by Crippen LogP contribution is -2.52. The highest BCUT2D eigenvalue weighted by Crippen LogP contribution is 2.17. The average Bonchev–Trinajstić information content (AvgIpc) is 2.92. The first-order chi connectivity index (χ1) is 11.2. The Labute approximate surface area is 142 Å². The van der Waals surface area contributed by atoms with Gasteiger partial charge >= 0.3 is 5.97 Å². The average molecular weight is 362 g/mol. The zero-order valence-corrected chi connectivity index (χ0v) is 14.9. The maximum atomic E-state index is 12.5. The molecule has 2 atom stereocenters. The van der Waals surface area contributed by atoms with Crippen LogP contribution in [0.4, 0.5) is 0 Å². The van der Waals surface area contributed by atoms with E-state index < -0.39 is 44.8 Å². The van der Waals surface area contributed by atoms with Crippen LogP contribution >= 0.6 is 0 Å². The van der Waals surface area contributed by atoms with Crippen LogP contribution in [0.15, 0.2) is 0 Å². The molecule has 0 aliphatic carbocycles. The summed E-state index contributed by atoms with van der Waals surface area (Å²) in [6.45, 7) is 3.74. The van der Waals surface area contributed by atoms with E-state index in [4.69, 9.17) is 0 Å². The second-order valence-corrected chi connectivity index (χ2v) is 8.41. The van der Waals surface area contributed by atoms with E-state index in [2.05, 4.69) is 10.6 Å². The number of carboxylic acid groups (broad SMARTS) is 1. The molecule has 0 aromatic heterocycles. The second-order valence-electron chi connectivity index (χ2n) is 6.09. The molecular formula is C15H26N2O6S. The normalized spacial score (nSPS) is 19.1. The van der Waals surface area contributed by atoms with Crippen molar-refractivity contribution >= 4 is 27.6 Å². The summed E-state index contributed by atoms with van der Waals surface area (Å²) < 4.78 is 25.0. The zero-order chi connectivity index (χ0) is 18.3. The molecule has 1 heterocycles. The summed E-state index contributed by atoms with van der Waals surface area (Å²) in [6, 6.07) is -2.32. The summed E-state index contributed by atoms with van der Waals surface area (Å²) in [6.07, 6.45) is 2.77. The van der Waals surface area contributed by atoms with E-state index in [9.17, 15) is 27.9 Å². The molecule has 0 radical (unpaired) electrons. The third-order valence-corrected chi connectivity index (χ3v) is 6.34. The van der Waals surface area contributed by atoms with Gasteiger partial charge < -0.3 is 15.7 Å². The molecule has 1 unspecified atom stereocenters. The number of aliphatic carboxylic acids is 1. The molecule has 1 rings (SSSR count). The van der Waals surface area contributed by atoms with Gasteiger partial charge in [-0.05, 0) is 19.3 Å². The topological polar surface area (TPSA) is 130 Å². The van der Waals surface area contributed by atoms with Crippen molar-refractivity contribution in [1.29, 1.82) is 0 Å². The maximum Gasteiger partial charge on any atom is 0.327 e. The van der Waals surface area contributed by atoms with E-state index in [1.165, 1.54) is 0 Å². The van der Waals surface area contributed by atoms with Crippen LogP contribution in [0.5, 0.6) is 0 Å². The van der Waals surface area contributed by atoms with Gasteiger partial charge in [0.05, 0.1) is 11.0 Å². The Balaban J connectivity index is 2.78. The number of carboxylic acids is 1. The van der Waals surface area contributed by atoms with Crippen LogP contribution in [0.1, 0.15) is 52.4 Å². The minimum absolute atomic E-state index is 0.198. The number of amides is 2. The van der Waals surface area contributed by atoms with Crippen molar-refractivity contribution in [2.45, 2.75) is 69.7 Å². The minimum Gasteiger partial charge on any atom is -0.480 e. The van der Waals surface area contributed by atoms with E-state index in [1.807, 2.05) is 13.8 Å². The van der Waals surface area contributed by atoms with Crippen LogP contribution in [0.3, 0.4) is 0 Å². The predicted octanol–water partition coefficient (Wildman–Crippen LogP) is 0.218. The molecule has 9 heteroatoms. The van der Waals surface area contributed by atoms with Gasteiger partial charge in [-0.1, -0.05) is 26.7 Å². The molecule has 0 saturated carbocycles. The number of carbonyl (C=O) groups excluding carboxylic acids is 2. The van der Waals surface area contributed by atoms with Gasteiger partial charge in [-0.25, -0.2) is 13.2 Å². The van der Waals surface area contributed by atoms with E-state index in [0.29, 0.717) is 25.7 Å². The molecular weight excluding hydrogens is 336 g/mol. The Morgan fingerprint density at radius 1 is 1.29 bits per heavy atom. The molecule has 3 N–H and O–H groups in total. The lowest BCUT2D eigenvalue weighted by molar-refractivity contribution is -0.141. The van der Waals surface area contributed by atoms with Crippen LogP contribution in [-0.4, -0.2) is 54.4 Å². The van der Waals surface area contributed by atoms with E-state index >= 15 is 0 Å². The second kappa shape index (κ2) is 9.00. The molecule has 2 amide bonds. The van der Waals surface area contributed by atoms with Gasteiger partial charge in [-0.3, -0.25) is 9.59 Å². The summed E-state index contributed by atoms with van der Waals surface area (Å²) in [5.74, 6) is -2.98. The van der Waals surface area contributed by atoms with Gasteiger partial charge in [0.1, 0.15) is 12.1 Å². The smallest absolute Gasteiger partial charge is 0.327 e. The molecule has 138 valence electrons. The Bertz CT molecular complexity index is 569. The first-order valence-electron chi connectivity index (χ1n) is 8.25. The van der Waals surface area contributed by atoms with Crippen molar-refractivity contribution in [3.05, 3.63) is 0 Å². The Morgan fingerprint density at radius 3 is 2.29 bits per heavy atom. The fourth-order valence-electron chi connectivity index (χ4n) is 2.77. The highest BCUT2D eigenvalue weighted by Gasteiger charge is 2.34. The van der Waals surface area contributed by atoms with Crippen molar-refractivity contribution in [2.24, 2.45) is 0 Å². The SMILES string of the molecule is CCCC(CCC)S(=O)(=O)CC(NC(=O)[C@H]1CCC(=O)N1)C(=O)O. The highest BCUT2D eigenvalue weighted by molar-refractivity contribution is 7.92. The highest BCUT2D eigenvalue weighted by atomic mass is 32.2. The number of carbonyl (C=O) groups is 3. The third-order valence-electron chi connectivity index (χ3n) is 4.05. The van der Waals surface area contributed by atoms with Gasteiger partial charge in [0.2, 0.25) is 11.8 Å². The van der Waals surface area contributed by atoms with E-state index in [-0.39, 0.29) is 18.7 Å². The molecule has 1 fully saturated rings. The largest absolute Gasteiger partial charge is 0.480 e. The molecule has 8 nitrogen and oxygen atoms in total. The quantitative estimate of drug-likeness (QED) is 0.510. The fraction of sp³-hybridized carbons (Fsp3) is 0.800. The van der Waals surface area contributed by atoms with Crippen molar-refractivity contribution in [1.82, 2.24) is 10.6 Å². The summed E-state index contributed by atoms with van der Waals surface area (Å²) >= 11 is 0. The van der Waals surface area contributed by atoms with Gasteiger partial charge in [0.25, 0.3) is 0 Å². The fourth-order valence-corrected chi connectivity index (χ4v) is 4.93. The van der Waals surface area contributed by atoms with E-state index in [1.54, 1.807) is 0 Å². The van der Waals surface area contributed by atoms with Crippen molar-refractivity contribution in [3.8, 4) is 0 Å². The molecule has 1 saturated heterocycles.